The van der Waals surface area contributed by atoms with Gasteiger partial charge in [0, 0.05) is 19.2 Å². The minimum Gasteiger partial charge on any atom is -0.478 e. The summed E-state index contributed by atoms with van der Waals surface area (Å²) < 4.78 is 10.0. The van der Waals surface area contributed by atoms with E-state index < -0.39 is 5.97 Å². The number of carboxylic acids is 1. The van der Waals surface area contributed by atoms with Crippen LogP contribution in [0.4, 0.5) is 0 Å². The van der Waals surface area contributed by atoms with Gasteiger partial charge >= 0.3 is 5.97 Å². The Morgan fingerprint density at radius 2 is 2.00 bits per heavy atom. The Balaban J connectivity index is 2.10. The molecule has 0 atom stereocenters. The molecule has 1 fully saturated rings. The SMILES string of the molecule is O=C(O)c1coc(C(=O)N2CCOCC2)c1. The maximum absolute atomic E-state index is 11.8. The molecule has 1 aromatic rings. The van der Waals surface area contributed by atoms with Crippen molar-refractivity contribution in [3.8, 4) is 0 Å². The Labute approximate surface area is 91.4 Å². The molecule has 2 rings (SSSR count). The average Bonchev–Trinajstić information content (AvgIpc) is 2.78. The van der Waals surface area contributed by atoms with Crippen molar-refractivity contribution in [3.63, 3.8) is 0 Å². The standard InChI is InChI=1S/C10H11NO5/c12-9(11-1-3-15-4-2-11)8-5-7(6-16-8)10(13)14/h5-6H,1-4H2,(H,13,14). The predicted octanol–water partition coefficient (Wildman–Crippen LogP) is 0.450. The quantitative estimate of drug-likeness (QED) is 0.790. The van der Waals surface area contributed by atoms with E-state index in [2.05, 4.69) is 0 Å². The monoisotopic (exact) mass is 225 g/mol. The van der Waals surface area contributed by atoms with Crippen LogP contribution in [0.5, 0.6) is 0 Å². The summed E-state index contributed by atoms with van der Waals surface area (Å²) in [7, 11) is 0. The van der Waals surface area contributed by atoms with E-state index in [0.29, 0.717) is 26.3 Å². The van der Waals surface area contributed by atoms with Crippen LogP contribution in [0.15, 0.2) is 16.7 Å². The number of aromatic carboxylic acids is 1. The number of ether oxygens (including phenoxy) is 1. The molecule has 1 amide bonds. The minimum absolute atomic E-state index is 0.0170. The Morgan fingerprint density at radius 3 is 2.56 bits per heavy atom. The Kier molecular flexibility index (Phi) is 2.91. The minimum atomic E-state index is -1.11. The summed E-state index contributed by atoms with van der Waals surface area (Å²) in [5, 5.41) is 8.69. The molecular weight excluding hydrogens is 214 g/mol. The summed E-state index contributed by atoms with van der Waals surface area (Å²) in [6, 6.07) is 1.24. The van der Waals surface area contributed by atoms with Gasteiger partial charge in [-0.15, -0.1) is 0 Å². The maximum atomic E-state index is 11.8. The number of carbonyl (C=O) groups is 2. The first-order valence-corrected chi connectivity index (χ1v) is 4.87. The van der Waals surface area contributed by atoms with Crippen molar-refractivity contribution in [2.75, 3.05) is 26.3 Å². The molecule has 6 nitrogen and oxygen atoms in total. The summed E-state index contributed by atoms with van der Waals surface area (Å²) in [5.41, 5.74) is -0.0170. The van der Waals surface area contributed by atoms with Gasteiger partial charge < -0.3 is 19.2 Å². The predicted molar refractivity (Wildman–Crippen MR) is 52.4 cm³/mol. The molecule has 1 aliphatic heterocycles. The number of furan rings is 1. The first-order valence-electron chi connectivity index (χ1n) is 4.87. The van der Waals surface area contributed by atoms with E-state index in [0.717, 1.165) is 6.26 Å². The van der Waals surface area contributed by atoms with Crippen LogP contribution in [-0.2, 0) is 4.74 Å². The highest BCUT2D eigenvalue weighted by molar-refractivity contribution is 5.95. The fraction of sp³-hybridized carbons (Fsp3) is 0.400. The van der Waals surface area contributed by atoms with Crippen LogP contribution >= 0.6 is 0 Å². The molecule has 2 heterocycles. The molecule has 1 aliphatic rings. The second kappa shape index (κ2) is 4.36. The van der Waals surface area contributed by atoms with Crippen molar-refractivity contribution in [2.45, 2.75) is 0 Å². The zero-order chi connectivity index (χ0) is 11.5. The van der Waals surface area contributed by atoms with Crippen LogP contribution in [0.3, 0.4) is 0 Å². The lowest BCUT2D eigenvalue weighted by Crippen LogP contribution is -2.40. The maximum Gasteiger partial charge on any atom is 0.338 e. The summed E-state index contributed by atoms with van der Waals surface area (Å²) in [6.45, 7) is 2.00. The molecule has 6 heteroatoms. The molecule has 0 saturated carbocycles. The molecule has 86 valence electrons. The lowest BCUT2D eigenvalue weighted by molar-refractivity contribution is 0.0283. The number of carbonyl (C=O) groups excluding carboxylic acids is 1. The first-order chi connectivity index (χ1) is 7.68. The number of hydrogen-bond acceptors (Lipinski definition) is 4. The number of morpholine rings is 1. The Morgan fingerprint density at radius 1 is 1.31 bits per heavy atom. The van der Waals surface area contributed by atoms with Gasteiger partial charge in [-0.2, -0.15) is 0 Å². The van der Waals surface area contributed by atoms with Gasteiger partial charge in [-0.25, -0.2) is 4.79 Å². The number of rotatable bonds is 2. The molecule has 0 spiro atoms. The molecule has 0 aromatic carbocycles. The van der Waals surface area contributed by atoms with E-state index in [1.807, 2.05) is 0 Å². The molecule has 1 aromatic heterocycles. The molecule has 16 heavy (non-hydrogen) atoms. The van der Waals surface area contributed by atoms with Crippen LogP contribution in [0, 0.1) is 0 Å². The third kappa shape index (κ3) is 2.06. The van der Waals surface area contributed by atoms with Gasteiger partial charge in [0.2, 0.25) is 0 Å². The Hall–Kier alpha value is -1.82. The summed E-state index contributed by atoms with van der Waals surface area (Å²) in [6.07, 6.45) is 1.07. The Bertz CT molecular complexity index is 405. The molecule has 0 radical (unpaired) electrons. The highest BCUT2D eigenvalue weighted by atomic mass is 16.5. The van der Waals surface area contributed by atoms with Crippen LogP contribution in [0.25, 0.3) is 0 Å². The van der Waals surface area contributed by atoms with Crippen molar-refractivity contribution in [1.82, 2.24) is 4.90 Å². The van der Waals surface area contributed by atoms with E-state index in [-0.39, 0.29) is 17.2 Å². The normalized spacial score (nSPS) is 16.1. The van der Waals surface area contributed by atoms with E-state index in [9.17, 15) is 9.59 Å². The third-order valence-corrected chi connectivity index (χ3v) is 2.36. The molecule has 0 aliphatic carbocycles. The lowest BCUT2D eigenvalue weighted by atomic mass is 10.3. The summed E-state index contributed by atoms with van der Waals surface area (Å²) >= 11 is 0. The zero-order valence-electron chi connectivity index (χ0n) is 8.51. The fourth-order valence-electron chi connectivity index (χ4n) is 1.48. The van der Waals surface area contributed by atoms with Gasteiger partial charge in [-0.1, -0.05) is 0 Å². The van der Waals surface area contributed by atoms with Gasteiger partial charge in [0.1, 0.15) is 6.26 Å². The van der Waals surface area contributed by atoms with Crippen molar-refractivity contribution in [1.29, 1.82) is 0 Å². The lowest BCUT2D eigenvalue weighted by Gasteiger charge is -2.25. The van der Waals surface area contributed by atoms with Crippen LogP contribution in [0.1, 0.15) is 20.9 Å². The van der Waals surface area contributed by atoms with E-state index >= 15 is 0 Å². The largest absolute Gasteiger partial charge is 0.478 e. The van der Waals surface area contributed by atoms with Crippen LogP contribution in [-0.4, -0.2) is 48.2 Å². The molecule has 0 bridgehead atoms. The highest BCUT2D eigenvalue weighted by Crippen LogP contribution is 2.11. The summed E-state index contributed by atoms with van der Waals surface area (Å²) in [5.74, 6) is -1.35. The van der Waals surface area contributed by atoms with Gasteiger partial charge in [-0.05, 0) is 0 Å². The van der Waals surface area contributed by atoms with E-state index in [1.54, 1.807) is 4.90 Å². The second-order valence-electron chi connectivity index (χ2n) is 3.41. The topological polar surface area (TPSA) is 80.0 Å². The molecule has 1 saturated heterocycles. The third-order valence-electron chi connectivity index (χ3n) is 2.36. The second-order valence-corrected chi connectivity index (χ2v) is 3.41. The van der Waals surface area contributed by atoms with Crippen LogP contribution in [0.2, 0.25) is 0 Å². The average molecular weight is 225 g/mol. The van der Waals surface area contributed by atoms with Gasteiger partial charge in [-0.3, -0.25) is 4.79 Å². The van der Waals surface area contributed by atoms with Gasteiger partial charge in [0.05, 0.1) is 18.8 Å². The first kappa shape index (κ1) is 10.7. The molecular formula is C10H11NO5. The smallest absolute Gasteiger partial charge is 0.338 e. The van der Waals surface area contributed by atoms with Crippen molar-refractivity contribution in [3.05, 3.63) is 23.7 Å². The molecule has 1 N–H and O–H groups in total. The number of amides is 1. The van der Waals surface area contributed by atoms with Gasteiger partial charge in [0.25, 0.3) is 5.91 Å². The fourth-order valence-corrected chi connectivity index (χ4v) is 1.48. The van der Waals surface area contributed by atoms with Crippen molar-refractivity contribution in [2.24, 2.45) is 0 Å². The van der Waals surface area contributed by atoms with Gasteiger partial charge in [0.15, 0.2) is 5.76 Å². The number of carboxylic acid groups (broad SMARTS) is 1. The highest BCUT2D eigenvalue weighted by Gasteiger charge is 2.22. The zero-order valence-corrected chi connectivity index (χ0v) is 8.51. The summed E-state index contributed by atoms with van der Waals surface area (Å²) in [4.78, 5) is 24.0. The van der Waals surface area contributed by atoms with Crippen LogP contribution < -0.4 is 0 Å². The number of hydrogen-bond donors (Lipinski definition) is 1. The molecule has 0 unspecified atom stereocenters. The number of nitrogens with zero attached hydrogens (tertiary/aromatic N) is 1. The van der Waals surface area contributed by atoms with Crippen molar-refractivity contribution >= 4 is 11.9 Å². The van der Waals surface area contributed by atoms with E-state index in [1.165, 1.54) is 6.07 Å². The van der Waals surface area contributed by atoms with E-state index in [4.69, 9.17) is 14.3 Å². The van der Waals surface area contributed by atoms with Crippen molar-refractivity contribution < 1.29 is 23.8 Å².